The maximum atomic E-state index is 13.6. The highest BCUT2D eigenvalue weighted by atomic mass is 32.2. The van der Waals surface area contributed by atoms with Crippen LogP contribution in [0.1, 0.15) is 16.4 Å². The Balaban J connectivity index is 1.90. The summed E-state index contributed by atoms with van der Waals surface area (Å²) < 4.78 is 13.6. The van der Waals surface area contributed by atoms with E-state index in [2.05, 4.69) is 42.3 Å². The number of hydrogen-bond acceptors (Lipinski definition) is 1. The molecule has 0 amide bonds. The highest BCUT2D eigenvalue weighted by molar-refractivity contribution is 8.00. The maximum Gasteiger partial charge on any atom is 0.153 e. The summed E-state index contributed by atoms with van der Waals surface area (Å²) in [6, 6.07) is 26.7. The lowest BCUT2D eigenvalue weighted by Gasteiger charge is -2.13. The molecular formula is C21H19OS2+. The molecular weight excluding hydrogens is 332 g/mol. The lowest BCUT2D eigenvalue weighted by atomic mass is 10.0. The predicted octanol–water partition coefficient (Wildman–Crippen LogP) is 4.29. The molecule has 0 saturated carbocycles. The van der Waals surface area contributed by atoms with E-state index in [0.717, 1.165) is 21.8 Å². The van der Waals surface area contributed by atoms with E-state index in [-0.39, 0.29) is 5.25 Å². The summed E-state index contributed by atoms with van der Waals surface area (Å²) in [5.41, 5.74) is 2.32. The maximum absolute atomic E-state index is 13.6. The van der Waals surface area contributed by atoms with Crippen molar-refractivity contribution in [2.75, 3.05) is 0 Å². The third-order valence-electron chi connectivity index (χ3n) is 4.44. The second-order valence-electron chi connectivity index (χ2n) is 6.01. The molecule has 120 valence electrons. The van der Waals surface area contributed by atoms with Crippen molar-refractivity contribution in [2.24, 2.45) is 0 Å². The lowest BCUT2D eigenvalue weighted by Crippen LogP contribution is -2.07. The van der Waals surface area contributed by atoms with Gasteiger partial charge in [-0.1, -0.05) is 54.6 Å². The Morgan fingerprint density at radius 1 is 0.833 bits per heavy atom. The molecule has 1 aliphatic heterocycles. The molecule has 0 radical (unpaired) electrons. The first kappa shape index (κ1) is 15.6. The summed E-state index contributed by atoms with van der Waals surface area (Å²) in [6.07, 6.45) is 0.885. The smallest absolute Gasteiger partial charge is 0.153 e. The van der Waals surface area contributed by atoms with Crippen LogP contribution in [0.5, 0.6) is 0 Å². The van der Waals surface area contributed by atoms with Crippen molar-refractivity contribution in [1.29, 1.82) is 0 Å². The normalized spacial score (nSPS) is 22.2. The van der Waals surface area contributed by atoms with Gasteiger partial charge in [-0.25, -0.2) is 0 Å². The van der Waals surface area contributed by atoms with Gasteiger partial charge in [-0.05, 0) is 35.7 Å². The van der Waals surface area contributed by atoms with Crippen LogP contribution >= 0.6 is 0 Å². The summed E-state index contributed by atoms with van der Waals surface area (Å²) in [6.45, 7) is 0. The van der Waals surface area contributed by atoms with E-state index in [1.54, 1.807) is 0 Å². The average Bonchev–Trinajstić information content (AvgIpc) is 2.70. The van der Waals surface area contributed by atoms with Gasteiger partial charge < -0.3 is 0 Å². The van der Waals surface area contributed by atoms with Crippen molar-refractivity contribution in [3.63, 3.8) is 0 Å². The van der Waals surface area contributed by atoms with Crippen molar-refractivity contribution in [3.8, 4) is 0 Å². The molecule has 0 bridgehead atoms. The fraction of sp³-hybridized carbons (Fsp3) is 0.0952. The van der Waals surface area contributed by atoms with Crippen LogP contribution < -0.4 is 0 Å². The van der Waals surface area contributed by atoms with E-state index in [9.17, 15) is 4.21 Å². The molecule has 4 rings (SSSR count). The van der Waals surface area contributed by atoms with Gasteiger partial charge in [-0.3, -0.25) is 4.21 Å². The molecule has 3 aromatic rings. The monoisotopic (exact) mass is 351 g/mol. The van der Waals surface area contributed by atoms with Crippen LogP contribution in [0.2, 0.25) is 0 Å². The standard InChI is InChI=1S/C21H18OS2/c1-24(22)20-13-7-5-9-16(20)15-19(18-12-6-8-14-21(18)24)23-17-10-3-2-4-11-17/h2-14,19H,1,15H2/p+1. The van der Waals surface area contributed by atoms with Crippen molar-refractivity contribution >= 4 is 27.2 Å². The molecule has 0 saturated heterocycles. The molecule has 3 aromatic carbocycles. The SMILES string of the molecule is C=S1(=O)c2ccccc2CC([SH+]c2ccccc2)c2ccccc21. The van der Waals surface area contributed by atoms with Crippen LogP contribution in [0.4, 0.5) is 0 Å². The summed E-state index contributed by atoms with van der Waals surface area (Å²) in [4.78, 5) is 3.07. The number of thiol groups is 1. The first-order chi connectivity index (χ1) is 11.7. The molecule has 0 aromatic heterocycles. The van der Waals surface area contributed by atoms with Gasteiger partial charge in [0.15, 0.2) is 10.1 Å². The molecule has 0 spiro atoms. The van der Waals surface area contributed by atoms with E-state index >= 15 is 0 Å². The Kier molecular flexibility index (Phi) is 3.99. The number of fused-ring (bicyclic) bond motifs is 2. The second-order valence-corrected chi connectivity index (χ2v) is 9.63. The molecule has 2 atom stereocenters. The van der Waals surface area contributed by atoms with Gasteiger partial charge in [0, 0.05) is 43.1 Å². The number of benzene rings is 3. The molecule has 0 aliphatic carbocycles. The van der Waals surface area contributed by atoms with Gasteiger partial charge >= 0.3 is 0 Å². The van der Waals surface area contributed by atoms with E-state index in [0.29, 0.717) is 0 Å². The Labute approximate surface area is 147 Å². The van der Waals surface area contributed by atoms with Crippen LogP contribution in [-0.4, -0.2) is 10.1 Å². The van der Waals surface area contributed by atoms with Gasteiger partial charge in [0.25, 0.3) is 0 Å². The molecule has 1 nitrogen and oxygen atoms in total. The first-order valence-electron chi connectivity index (χ1n) is 7.96. The van der Waals surface area contributed by atoms with E-state index in [4.69, 9.17) is 0 Å². The average molecular weight is 352 g/mol. The van der Waals surface area contributed by atoms with Crippen LogP contribution in [0.25, 0.3) is 0 Å². The van der Waals surface area contributed by atoms with Gasteiger partial charge in [-0.15, -0.1) is 0 Å². The Hall–Kier alpha value is -1.97. The highest BCUT2D eigenvalue weighted by Gasteiger charge is 2.32. The first-order valence-corrected chi connectivity index (χ1v) is 10.7. The Bertz CT molecular complexity index is 975. The van der Waals surface area contributed by atoms with E-state index in [1.807, 2.05) is 42.5 Å². The zero-order valence-corrected chi connectivity index (χ0v) is 15.0. The van der Waals surface area contributed by atoms with Crippen molar-refractivity contribution in [2.45, 2.75) is 26.4 Å². The third-order valence-corrected chi connectivity index (χ3v) is 8.00. The minimum absolute atomic E-state index is 0.287. The summed E-state index contributed by atoms with van der Waals surface area (Å²) in [5, 5.41) is 0.287. The van der Waals surface area contributed by atoms with Crippen molar-refractivity contribution in [1.82, 2.24) is 0 Å². The Morgan fingerprint density at radius 3 is 2.25 bits per heavy atom. The van der Waals surface area contributed by atoms with Crippen molar-refractivity contribution < 1.29 is 4.21 Å². The fourth-order valence-electron chi connectivity index (χ4n) is 3.30. The van der Waals surface area contributed by atoms with E-state index < -0.39 is 9.52 Å². The minimum atomic E-state index is -2.47. The van der Waals surface area contributed by atoms with Crippen LogP contribution in [0.15, 0.2) is 93.5 Å². The highest BCUT2D eigenvalue weighted by Crippen LogP contribution is 2.39. The topological polar surface area (TPSA) is 17.1 Å². The molecule has 3 heteroatoms. The zero-order chi connectivity index (χ0) is 16.6. The summed E-state index contributed by atoms with van der Waals surface area (Å²) >= 11 is 1.24. The van der Waals surface area contributed by atoms with Gasteiger partial charge in [0.1, 0.15) is 0 Å². The molecule has 1 aliphatic rings. The molecule has 0 fully saturated rings. The molecule has 2 unspecified atom stereocenters. The second kappa shape index (κ2) is 6.15. The van der Waals surface area contributed by atoms with Crippen LogP contribution in [-0.2, 0) is 27.7 Å². The quantitative estimate of drug-likeness (QED) is 0.382. The fourth-order valence-corrected chi connectivity index (χ4v) is 6.74. The largest absolute Gasteiger partial charge is 0.258 e. The summed E-state index contributed by atoms with van der Waals surface area (Å²) in [5.74, 6) is 4.14. The van der Waals surface area contributed by atoms with Crippen molar-refractivity contribution in [3.05, 3.63) is 90.0 Å². The third kappa shape index (κ3) is 2.68. The molecule has 0 N–H and O–H groups in total. The van der Waals surface area contributed by atoms with Gasteiger partial charge in [0.05, 0.1) is 0 Å². The molecule has 24 heavy (non-hydrogen) atoms. The van der Waals surface area contributed by atoms with Crippen LogP contribution in [0, 0.1) is 0 Å². The number of rotatable bonds is 2. The number of hydrogen-bond donors (Lipinski definition) is 0. The predicted molar refractivity (Wildman–Crippen MR) is 105 cm³/mol. The zero-order valence-electron chi connectivity index (χ0n) is 13.3. The molecule has 1 heterocycles. The van der Waals surface area contributed by atoms with E-state index in [1.165, 1.54) is 22.2 Å². The lowest BCUT2D eigenvalue weighted by molar-refractivity contribution is 0.680. The Morgan fingerprint density at radius 2 is 1.46 bits per heavy atom. The minimum Gasteiger partial charge on any atom is -0.258 e. The summed E-state index contributed by atoms with van der Waals surface area (Å²) in [7, 11) is -2.47. The van der Waals surface area contributed by atoms with Crippen LogP contribution in [0.3, 0.4) is 0 Å². The van der Waals surface area contributed by atoms with Gasteiger partial charge in [-0.2, -0.15) is 0 Å². The van der Waals surface area contributed by atoms with Gasteiger partial charge in [0.2, 0.25) is 0 Å².